The summed E-state index contributed by atoms with van der Waals surface area (Å²) in [5.74, 6) is -1.14. The number of carbonyl (C=O) groups excluding carboxylic acids is 2. The summed E-state index contributed by atoms with van der Waals surface area (Å²) in [6, 6.07) is 0. The van der Waals surface area contributed by atoms with E-state index in [0.717, 1.165) is 6.08 Å². The molecule has 1 N–H and O–H groups in total. The molecule has 0 aliphatic carbocycles. The number of esters is 1. The average molecular weight is 158 g/mol. The zero-order valence-corrected chi connectivity index (χ0v) is 6.46. The fourth-order valence-corrected chi connectivity index (χ4v) is 0.506. The van der Waals surface area contributed by atoms with E-state index in [1.54, 1.807) is 0 Å². The summed E-state index contributed by atoms with van der Waals surface area (Å²) in [7, 11) is 1.21. The molecular weight excluding hydrogens is 148 g/mol. The van der Waals surface area contributed by atoms with E-state index in [9.17, 15) is 9.59 Å². The molecule has 0 aromatic carbocycles. The Hall–Kier alpha value is -1.32. The lowest BCUT2D eigenvalue weighted by molar-refractivity contribution is -0.140. The quantitative estimate of drug-likeness (QED) is 0.370. The number of aliphatic hydroxyl groups is 1. The van der Waals surface area contributed by atoms with Crippen LogP contribution in [0.5, 0.6) is 0 Å². The second-order valence-electron chi connectivity index (χ2n) is 2.00. The molecule has 0 aromatic heterocycles. The Morgan fingerprint density at radius 3 is 2.45 bits per heavy atom. The fraction of sp³-hybridized carbons (Fsp3) is 0.429. The van der Waals surface area contributed by atoms with Crippen LogP contribution in [0.25, 0.3) is 0 Å². The predicted molar refractivity (Wildman–Crippen MR) is 38.0 cm³/mol. The summed E-state index contributed by atoms with van der Waals surface area (Å²) in [5, 5.41) is 8.86. The summed E-state index contributed by atoms with van der Waals surface area (Å²) < 4.78 is 4.25. The lowest BCUT2D eigenvalue weighted by Crippen LogP contribution is -2.02. The third kappa shape index (κ3) is 5.14. The van der Waals surface area contributed by atoms with Gasteiger partial charge in [-0.15, -0.1) is 0 Å². The van der Waals surface area contributed by atoms with Gasteiger partial charge in [0.15, 0.2) is 5.78 Å². The van der Waals surface area contributed by atoms with Crippen molar-refractivity contribution >= 4 is 11.8 Å². The van der Waals surface area contributed by atoms with Gasteiger partial charge in [0.1, 0.15) is 12.2 Å². The molecule has 0 unspecified atom stereocenters. The van der Waals surface area contributed by atoms with E-state index in [-0.39, 0.29) is 18.0 Å². The van der Waals surface area contributed by atoms with Crippen LogP contribution < -0.4 is 0 Å². The number of hydrogen-bond acceptors (Lipinski definition) is 4. The number of ether oxygens (including phenoxy) is 1. The Balaban J connectivity index is 3.96. The zero-order chi connectivity index (χ0) is 8.85. The topological polar surface area (TPSA) is 63.6 Å². The van der Waals surface area contributed by atoms with Crippen molar-refractivity contribution < 1.29 is 19.4 Å². The summed E-state index contributed by atoms with van der Waals surface area (Å²) in [6.45, 7) is 1.29. The first-order chi connectivity index (χ1) is 5.06. The minimum Gasteiger partial charge on any atom is -0.512 e. The van der Waals surface area contributed by atoms with Gasteiger partial charge >= 0.3 is 5.97 Å². The summed E-state index contributed by atoms with van der Waals surface area (Å²) in [5.41, 5.74) is 0. The molecule has 0 spiro atoms. The van der Waals surface area contributed by atoms with Crippen molar-refractivity contribution in [2.24, 2.45) is 0 Å². The molecule has 0 aliphatic rings. The SMILES string of the molecule is COC(=O)CC(O)=CC(C)=O. The first kappa shape index (κ1) is 9.68. The van der Waals surface area contributed by atoms with Crippen molar-refractivity contribution in [3.8, 4) is 0 Å². The normalized spacial score (nSPS) is 10.9. The van der Waals surface area contributed by atoms with E-state index in [4.69, 9.17) is 5.11 Å². The van der Waals surface area contributed by atoms with E-state index in [0.29, 0.717) is 0 Å². The molecule has 62 valence electrons. The molecule has 11 heavy (non-hydrogen) atoms. The lowest BCUT2D eigenvalue weighted by Gasteiger charge is -1.96. The number of rotatable bonds is 3. The molecule has 0 aliphatic heterocycles. The largest absolute Gasteiger partial charge is 0.512 e. The van der Waals surface area contributed by atoms with Gasteiger partial charge in [0.2, 0.25) is 0 Å². The van der Waals surface area contributed by atoms with Gasteiger partial charge in [-0.2, -0.15) is 0 Å². The third-order valence-electron chi connectivity index (χ3n) is 0.923. The fourth-order valence-electron chi connectivity index (χ4n) is 0.506. The average Bonchev–Trinajstić information content (AvgIpc) is 1.85. The number of methoxy groups -OCH3 is 1. The first-order valence-electron chi connectivity index (χ1n) is 3.03. The Morgan fingerprint density at radius 2 is 2.09 bits per heavy atom. The Bertz CT molecular complexity index is 193. The summed E-state index contributed by atoms with van der Waals surface area (Å²) >= 11 is 0. The van der Waals surface area contributed by atoms with E-state index >= 15 is 0 Å². The minimum absolute atomic E-state index is 0.254. The minimum atomic E-state index is -0.569. The second-order valence-corrected chi connectivity index (χ2v) is 2.00. The van der Waals surface area contributed by atoms with E-state index < -0.39 is 5.97 Å². The van der Waals surface area contributed by atoms with E-state index in [1.807, 2.05) is 0 Å². The smallest absolute Gasteiger partial charge is 0.313 e. The van der Waals surface area contributed by atoms with E-state index in [1.165, 1.54) is 14.0 Å². The van der Waals surface area contributed by atoms with Crippen LogP contribution >= 0.6 is 0 Å². The Kier molecular flexibility index (Phi) is 3.95. The second kappa shape index (κ2) is 4.49. The van der Waals surface area contributed by atoms with Gasteiger partial charge in [0.25, 0.3) is 0 Å². The predicted octanol–water partition coefficient (Wildman–Crippen LogP) is 0.580. The van der Waals surface area contributed by atoms with Gasteiger partial charge in [-0.25, -0.2) is 0 Å². The van der Waals surface area contributed by atoms with Crippen LogP contribution in [-0.2, 0) is 14.3 Å². The van der Waals surface area contributed by atoms with Gasteiger partial charge in [-0.1, -0.05) is 0 Å². The van der Waals surface area contributed by atoms with Gasteiger partial charge in [0.05, 0.1) is 7.11 Å². The molecule has 0 radical (unpaired) electrons. The summed E-state index contributed by atoms with van der Waals surface area (Å²) in [4.78, 5) is 20.8. The number of aliphatic hydroxyl groups excluding tert-OH is 1. The van der Waals surface area contributed by atoms with Crippen molar-refractivity contribution in [2.45, 2.75) is 13.3 Å². The number of hydrogen-bond donors (Lipinski definition) is 1. The molecule has 4 nitrogen and oxygen atoms in total. The van der Waals surface area contributed by atoms with Gasteiger partial charge in [0, 0.05) is 6.08 Å². The van der Waals surface area contributed by atoms with Crippen molar-refractivity contribution in [3.05, 3.63) is 11.8 Å². The molecule has 0 fully saturated rings. The molecule has 0 saturated carbocycles. The maximum absolute atomic E-state index is 10.5. The van der Waals surface area contributed by atoms with Gasteiger partial charge in [-0.3, -0.25) is 9.59 Å². The highest BCUT2D eigenvalue weighted by atomic mass is 16.5. The van der Waals surface area contributed by atoms with Crippen molar-refractivity contribution in [1.82, 2.24) is 0 Å². The molecular formula is C7H10O4. The van der Waals surface area contributed by atoms with Crippen LogP contribution in [-0.4, -0.2) is 24.0 Å². The standard InChI is InChI=1S/C7H10O4/c1-5(8)3-6(9)4-7(10)11-2/h3,9H,4H2,1-2H3. The number of carbonyl (C=O) groups is 2. The zero-order valence-electron chi connectivity index (χ0n) is 6.46. The van der Waals surface area contributed by atoms with Crippen molar-refractivity contribution in [2.75, 3.05) is 7.11 Å². The highest BCUT2D eigenvalue weighted by Crippen LogP contribution is 1.97. The highest BCUT2D eigenvalue weighted by Gasteiger charge is 2.03. The van der Waals surface area contributed by atoms with Crippen LogP contribution in [0.3, 0.4) is 0 Å². The number of ketones is 1. The molecule has 0 amide bonds. The third-order valence-corrected chi connectivity index (χ3v) is 0.923. The molecule has 0 saturated heterocycles. The molecule has 4 heteroatoms. The van der Waals surface area contributed by atoms with Crippen LogP contribution in [0.4, 0.5) is 0 Å². The van der Waals surface area contributed by atoms with Crippen LogP contribution in [0.1, 0.15) is 13.3 Å². The van der Waals surface area contributed by atoms with E-state index in [2.05, 4.69) is 4.74 Å². The van der Waals surface area contributed by atoms with Gasteiger partial charge in [-0.05, 0) is 6.92 Å². The first-order valence-corrected chi connectivity index (χ1v) is 3.03. The lowest BCUT2D eigenvalue weighted by atomic mass is 10.3. The van der Waals surface area contributed by atoms with Crippen LogP contribution in [0.15, 0.2) is 11.8 Å². The molecule has 0 heterocycles. The maximum Gasteiger partial charge on any atom is 0.313 e. The van der Waals surface area contributed by atoms with Crippen LogP contribution in [0.2, 0.25) is 0 Å². The van der Waals surface area contributed by atoms with Gasteiger partial charge < -0.3 is 9.84 Å². The molecule has 0 rings (SSSR count). The Morgan fingerprint density at radius 1 is 1.55 bits per heavy atom. The van der Waals surface area contributed by atoms with Crippen LogP contribution in [0, 0.1) is 0 Å². The molecule has 0 bridgehead atoms. The van der Waals surface area contributed by atoms with Crippen molar-refractivity contribution in [1.29, 1.82) is 0 Å². The number of allylic oxidation sites excluding steroid dienone is 1. The van der Waals surface area contributed by atoms with Crippen molar-refractivity contribution in [3.63, 3.8) is 0 Å². The molecule has 0 aromatic rings. The monoisotopic (exact) mass is 158 g/mol. The Labute approximate surface area is 64.5 Å². The summed E-state index contributed by atoms with van der Waals surface area (Å²) in [6.07, 6.45) is 0.729. The molecule has 0 atom stereocenters. The highest BCUT2D eigenvalue weighted by molar-refractivity contribution is 5.88. The maximum atomic E-state index is 10.5.